The number of rotatable bonds is 4. The van der Waals surface area contributed by atoms with Crippen molar-refractivity contribution in [2.45, 2.75) is 38.1 Å². The van der Waals surface area contributed by atoms with Crippen molar-refractivity contribution in [1.82, 2.24) is 4.90 Å². The fraction of sp³-hybridized carbons (Fsp3) is 0.333. The first-order valence-corrected chi connectivity index (χ1v) is 9.65. The third kappa shape index (κ3) is 4.70. The van der Waals surface area contributed by atoms with Gasteiger partial charge in [-0.3, -0.25) is 9.69 Å². The van der Waals surface area contributed by atoms with Crippen molar-refractivity contribution in [3.8, 4) is 0 Å². The summed E-state index contributed by atoms with van der Waals surface area (Å²) in [6.07, 6.45) is -4.37. The number of nitrogens with zero attached hydrogens (tertiary/aromatic N) is 1. The zero-order chi connectivity index (χ0) is 21.9. The molecule has 0 radical (unpaired) electrons. The number of likely N-dealkylation sites (tertiary alicyclic amines) is 1. The first-order valence-electron chi connectivity index (χ1n) is 9.28. The Morgan fingerprint density at radius 2 is 1.90 bits per heavy atom. The summed E-state index contributed by atoms with van der Waals surface area (Å²) in [5, 5.41) is 2.02. The minimum absolute atomic E-state index is 0.0533. The number of alkyl halides is 3. The van der Waals surface area contributed by atoms with Crippen molar-refractivity contribution >= 4 is 29.3 Å². The fourth-order valence-corrected chi connectivity index (χ4v) is 3.60. The predicted octanol–water partition coefficient (Wildman–Crippen LogP) is 5.49. The summed E-state index contributed by atoms with van der Waals surface area (Å²) in [6.45, 7) is 1.94. The number of halogens is 4. The van der Waals surface area contributed by atoms with E-state index in [9.17, 15) is 22.8 Å². The summed E-state index contributed by atoms with van der Waals surface area (Å²) in [5.41, 5.74) is -1.54. The summed E-state index contributed by atoms with van der Waals surface area (Å²) >= 11 is 5.62. The van der Waals surface area contributed by atoms with E-state index >= 15 is 0 Å². The van der Waals surface area contributed by atoms with Crippen molar-refractivity contribution in [2.75, 3.05) is 11.9 Å². The molecule has 2 aromatic rings. The van der Waals surface area contributed by atoms with Crippen molar-refractivity contribution in [3.05, 3.63) is 64.7 Å². The standard InChI is InChI=1S/C21H20ClF3N2O3/c1-20(18(28)26-15-8-9-17(22)16(12-15)21(23,24)25)10-5-11-27(20)19(29)30-13-14-6-3-2-4-7-14/h2-4,6-9,12H,5,10-11,13H2,1H3,(H,26,28). The molecule has 0 aromatic heterocycles. The van der Waals surface area contributed by atoms with Crippen molar-refractivity contribution in [2.24, 2.45) is 0 Å². The van der Waals surface area contributed by atoms with Crippen LogP contribution < -0.4 is 5.32 Å². The van der Waals surface area contributed by atoms with E-state index in [-0.39, 0.29) is 12.3 Å². The zero-order valence-electron chi connectivity index (χ0n) is 16.1. The molecule has 0 spiro atoms. The number of nitrogens with one attached hydrogen (secondary N) is 1. The molecular weight excluding hydrogens is 421 g/mol. The number of hydrogen-bond donors (Lipinski definition) is 1. The van der Waals surface area contributed by atoms with Gasteiger partial charge in [0.1, 0.15) is 12.1 Å². The lowest BCUT2D eigenvalue weighted by Gasteiger charge is -2.33. The topological polar surface area (TPSA) is 58.6 Å². The molecule has 0 aliphatic carbocycles. The molecule has 1 N–H and O–H groups in total. The zero-order valence-corrected chi connectivity index (χ0v) is 16.9. The van der Waals surface area contributed by atoms with Crippen LogP contribution >= 0.6 is 11.6 Å². The Labute approximate surface area is 176 Å². The molecule has 160 valence electrons. The van der Waals surface area contributed by atoms with Crippen LogP contribution in [0, 0.1) is 0 Å². The van der Waals surface area contributed by atoms with E-state index in [1.54, 1.807) is 6.92 Å². The average Bonchev–Trinajstić information content (AvgIpc) is 3.10. The highest BCUT2D eigenvalue weighted by molar-refractivity contribution is 6.31. The summed E-state index contributed by atoms with van der Waals surface area (Å²) in [5.74, 6) is -0.591. The van der Waals surface area contributed by atoms with E-state index in [1.807, 2.05) is 30.3 Å². The van der Waals surface area contributed by atoms with Gasteiger partial charge in [-0.05, 0) is 43.5 Å². The summed E-state index contributed by atoms with van der Waals surface area (Å²) < 4.78 is 44.5. The van der Waals surface area contributed by atoms with E-state index in [0.717, 1.165) is 17.7 Å². The Bertz CT molecular complexity index is 937. The SMILES string of the molecule is CC1(C(=O)Nc2ccc(Cl)c(C(F)(F)F)c2)CCCN1C(=O)OCc1ccccc1. The minimum atomic E-state index is -4.65. The number of benzene rings is 2. The molecule has 1 aliphatic rings. The van der Waals surface area contributed by atoms with E-state index in [2.05, 4.69) is 5.32 Å². The summed E-state index contributed by atoms with van der Waals surface area (Å²) in [7, 11) is 0. The second kappa shape index (κ2) is 8.55. The first-order chi connectivity index (χ1) is 14.1. The molecule has 30 heavy (non-hydrogen) atoms. The monoisotopic (exact) mass is 440 g/mol. The number of anilines is 1. The van der Waals surface area contributed by atoms with Crippen LogP contribution in [0.1, 0.15) is 30.9 Å². The molecule has 5 nitrogen and oxygen atoms in total. The second-order valence-corrected chi connectivity index (χ2v) is 7.62. The van der Waals surface area contributed by atoms with E-state index < -0.39 is 34.3 Å². The van der Waals surface area contributed by atoms with Crippen LogP contribution in [0.2, 0.25) is 5.02 Å². The third-order valence-corrected chi connectivity index (χ3v) is 5.41. The normalized spacial score (nSPS) is 18.9. The van der Waals surface area contributed by atoms with E-state index in [1.165, 1.54) is 11.0 Å². The molecule has 9 heteroatoms. The molecule has 0 bridgehead atoms. The number of carbonyl (C=O) groups excluding carboxylic acids is 2. The lowest BCUT2D eigenvalue weighted by Crippen LogP contribution is -2.53. The highest BCUT2D eigenvalue weighted by atomic mass is 35.5. The maximum atomic E-state index is 13.1. The Morgan fingerprint density at radius 1 is 1.20 bits per heavy atom. The van der Waals surface area contributed by atoms with Crippen LogP contribution in [0.25, 0.3) is 0 Å². The maximum absolute atomic E-state index is 13.1. The average molecular weight is 441 g/mol. The molecule has 1 heterocycles. The predicted molar refractivity (Wildman–Crippen MR) is 106 cm³/mol. The van der Waals surface area contributed by atoms with Gasteiger partial charge in [0.2, 0.25) is 5.91 Å². The molecule has 2 amide bonds. The summed E-state index contributed by atoms with van der Waals surface area (Å²) in [4.78, 5) is 26.8. The van der Waals surface area contributed by atoms with Crippen LogP contribution in [0.4, 0.5) is 23.7 Å². The molecule has 3 rings (SSSR count). The molecule has 2 aromatic carbocycles. The Kier molecular flexibility index (Phi) is 6.26. The third-order valence-electron chi connectivity index (χ3n) is 5.09. The van der Waals surface area contributed by atoms with Crippen LogP contribution in [0.5, 0.6) is 0 Å². The Hall–Kier alpha value is -2.74. The number of carbonyl (C=O) groups is 2. The van der Waals surface area contributed by atoms with Gasteiger partial charge in [0.25, 0.3) is 0 Å². The van der Waals surface area contributed by atoms with Crippen molar-refractivity contribution in [3.63, 3.8) is 0 Å². The number of hydrogen-bond acceptors (Lipinski definition) is 3. The first kappa shape index (κ1) is 22.0. The highest BCUT2D eigenvalue weighted by Gasteiger charge is 2.46. The van der Waals surface area contributed by atoms with Gasteiger partial charge in [-0.2, -0.15) is 13.2 Å². The van der Waals surface area contributed by atoms with Crippen LogP contribution in [0.3, 0.4) is 0 Å². The van der Waals surface area contributed by atoms with E-state index in [0.29, 0.717) is 19.4 Å². The van der Waals surface area contributed by atoms with Crippen molar-refractivity contribution < 1.29 is 27.5 Å². The highest BCUT2D eigenvalue weighted by Crippen LogP contribution is 2.37. The van der Waals surface area contributed by atoms with Gasteiger partial charge in [0, 0.05) is 12.2 Å². The van der Waals surface area contributed by atoms with Gasteiger partial charge < -0.3 is 10.1 Å². The fourth-order valence-electron chi connectivity index (χ4n) is 3.38. The van der Waals surface area contributed by atoms with Gasteiger partial charge >= 0.3 is 12.3 Å². The Morgan fingerprint density at radius 3 is 2.57 bits per heavy atom. The quantitative estimate of drug-likeness (QED) is 0.684. The number of ether oxygens (including phenoxy) is 1. The molecule has 1 fully saturated rings. The lowest BCUT2D eigenvalue weighted by molar-refractivity contribution is -0.137. The largest absolute Gasteiger partial charge is 0.445 e. The Balaban J connectivity index is 1.72. The molecule has 1 unspecified atom stereocenters. The van der Waals surface area contributed by atoms with Crippen LogP contribution in [-0.4, -0.2) is 29.0 Å². The molecule has 1 saturated heterocycles. The smallest absolute Gasteiger partial charge is 0.417 e. The van der Waals surface area contributed by atoms with E-state index in [4.69, 9.17) is 16.3 Å². The van der Waals surface area contributed by atoms with Gasteiger partial charge in [-0.1, -0.05) is 41.9 Å². The molecule has 1 atom stereocenters. The maximum Gasteiger partial charge on any atom is 0.417 e. The molecule has 1 aliphatic heterocycles. The van der Waals surface area contributed by atoms with Crippen LogP contribution in [0.15, 0.2) is 48.5 Å². The molecular formula is C21H20ClF3N2O3. The summed E-state index contributed by atoms with van der Waals surface area (Å²) in [6, 6.07) is 12.2. The number of amides is 2. The van der Waals surface area contributed by atoms with Gasteiger partial charge in [0.15, 0.2) is 0 Å². The second-order valence-electron chi connectivity index (χ2n) is 7.22. The minimum Gasteiger partial charge on any atom is -0.445 e. The van der Waals surface area contributed by atoms with Gasteiger partial charge in [-0.15, -0.1) is 0 Å². The van der Waals surface area contributed by atoms with Crippen LogP contribution in [-0.2, 0) is 22.3 Å². The van der Waals surface area contributed by atoms with Gasteiger partial charge in [-0.25, -0.2) is 4.79 Å². The van der Waals surface area contributed by atoms with Crippen molar-refractivity contribution in [1.29, 1.82) is 0 Å². The van der Waals surface area contributed by atoms with Gasteiger partial charge in [0.05, 0.1) is 10.6 Å². The lowest BCUT2D eigenvalue weighted by atomic mass is 9.97. The molecule has 0 saturated carbocycles.